The van der Waals surface area contributed by atoms with E-state index in [0.717, 1.165) is 37.6 Å². The first-order chi connectivity index (χ1) is 10.5. The molecule has 2 rings (SSSR count). The number of aliphatic hydroxyl groups excluding tert-OH is 1. The molecule has 23 heavy (non-hydrogen) atoms. The number of hydrogen-bond donors (Lipinski definition) is 2. The van der Waals surface area contributed by atoms with Crippen LogP contribution in [0.2, 0.25) is 5.02 Å². The molecule has 3 nitrogen and oxygen atoms in total. The zero-order valence-electron chi connectivity index (χ0n) is 14.2. The molecule has 1 aliphatic rings. The summed E-state index contributed by atoms with van der Waals surface area (Å²) in [5.41, 5.74) is 1.30. The number of aliphatic hydroxyl groups is 1. The van der Waals surface area contributed by atoms with Crippen molar-refractivity contribution in [1.82, 2.24) is 10.2 Å². The molecule has 0 aromatic heterocycles. The Morgan fingerprint density at radius 3 is 2.57 bits per heavy atom. The number of hydrogen-bond acceptors (Lipinski definition) is 3. The molecule has 5 heteroatoms. The van der Waals surface area contributed by atoms with Crippen LogP contribution < -0.4 is 5.32 Å². The van der Waals surface area contributed by atoms with Crippen LogP contribution in [0.3, 0.4) is 0 Å². The fourth-order valence-electron chi connectivity index (χ4n) is 3.28. The van der Waals surface area contributed by atoms with Crippen LogP contribution in [0.25, 0.3) is 0 Å². The second kappa shape index (κ2) is 10.5. The predicted octanol–water partition coefficient (Wildman–Crippen LogP) is 3.38. The summed E-state index contributed by atoms with van der Waals surface area (Å²) in [6.45, 7) is 8.18. The van der Waals surface area contributed by atoms with Crippen LogP contribution in [-0.4, -0.2) is 48.3 Å². The molecule has 0 amide bonds. The summed E-state index contributed by atoms with van der Waals surface area (Å²) in [5.74, 6) is 0.695. The average Bonchev–Trinajstić information content (AvgIpc) is 2.49. The van der Waals surface area contributed by atoms with Crippen LogP contribution >= 0.6 is 24.0 Å². The Balaban J connectivity index is 0.00000264. The van der Waals surface area contributed by atoms with E-state index in [1.807, 2.05) is 19.1 Å². The van der Waals surface area contributed by atoms with E-state index in [9.17, 15) is 5.11 Å². The molecular weight excluding hydrogens is 331 g/mol. The summed E-state index contributed by atoms with van der Waals surface area (Å²) in [7, 11) is 0. The molecule has 1 aliphatic heterocycles. The third-order valence-corrected chi connectivity index (χ3v) is 4.71. The number of nitrogens with one attached hydrogen (secondary N) is 1. The zero-order valence-corrected chi connectivity index (χ0v) is 15.7. The van der Waals surface area contributed by atoms with Gasteiger partial charge in [-0.05, 0) is 69.8 Å². The summed E-state index contributed by atoms with van der Waals surface area (Å²) in [6.07, 6.45) is 3.25. The van der Waals surface area contributed by atoms with Gasteiger partial charge in [0.15, 0.2) is 0 Å². The fraction of sp³-hybridized carbons (Fsp3) is 0.667. The summed E-state index contributed by atoms with van der Waals surface area (Å²) in [4.78, 5) is 2.44. The Hall–Kier alpha value is -0.320. The highest BCUT2D eigenvalue weighted by Gasteiger charge is 2.22. The molecule has 2 N–H and O–H groups in total. The van der Waals surface area contributed by atoms with Gasteiger partial charge in [0.2, 0.25) is 0 Å². The SMILES string of the molecule is CC(Cc1ccc(Cl)cc1)N(CC1CCCNC1)C[C@@H](C)O.Cl. The third-order valence-electron chi connectivity index (χ3n) is 4.46. The van der Waals surface area contributed by atoms with Crippen LogP contribution in [-0.2, 0) is 6.42 Å². The summed E-state index contributed by atoms with van der Waals surface area (Å²) < 4.78 is 0. The van der Waals surface area contributed by atoms with Gasteiger partial charge in [0.05, 0.1) is 6.10 Å². The number of piperidine rings is 1. The van der Waals surface area contributed by atoms with Crippen molar-refractivity contribution in [3.8, 4) is 0 Å². The Morgan fingerprint density at radius 1 is 1.30 bits per heavy atom. The Bertz CT molecular complexity index is 433. The van der Waals surface area contributed by atoms with Gasteiger partial charge in [0.25, 0.3) is 0 Å². The summed E-state index contributed by atoms with van der Waals surface area (Å²) >= 11 is 5.96. The summed E-state index contributed by atoms with van der Waals surface area (Å²) in [5, 5.41) is 14.1. The van der Waals surface area contributed by atoms with Crippen LogP contribution in [0.15, 0.2) is 24.3 Å². The molecule has 2 unspecified atom stereocenters. The van der Waals surface area contributed by atoms with Gasteiger partial charge in [-0.1, -0.05) is 23.7 Å². The Kier molecular flexibility index (Phi) is 9.48. The van der Waals surface area contributed by atoms with Gasteiger partial charge in [-0.3, -0.25) is 4.90 Å². The van der Waals surface area contributed by atoms with Gasteiger partial charge in [-0.15, -0.1) is 12.4 Å². The van der Waals surface area contributed by atoms with E-state index in [0.29, 0.717) is 12.0 Å². The minimum absolute atomic E-state index is 0. The van der Waals surface area contributed by atoms with Crippen LogP contribution in [0.1, 0.15) is 32.3 Å². The maximum Gasteiger partial charge on any atom is 0.0639 e. The first-order valence-electron chi connectivity index (χ1n) is 8.42. The van der Waals surface area contributed by atoms with Crippen LogP contribution in [0, 0.1) is 5.92 Å². The van der Waals surface area contributed by atoms with E-state index in [1.54, 1.807) is 0 Å². The van der Waals surface area contributed by atoms with Gasteiger partial charge >= 0.3 is 0 Å². The van der Waals surface area contributed by atoms with Crippen molar-refractivity contribution < 1.29 is 5.11 Å². The topological polar surface area (TPSA) is 35.5 Å². The fourth-order valence-corrected chi connectivity index (χ4v) is 3.40. The molecular formula is C18H30Cl2N2O. The lowest BCUT2D eigenvalue weighted by atomic mass is 9.97. The van der Waals surface area contributed by atoms with E-state index in [2.05, 4.69) is 29.3 Å². The highest BCUT2D eigenvalue weighted by atomic mass is 35.5. The van der Waals surface area contributed by atoms with Gasteiger partial charge in [-0.2, -0.15) is 0 Å². The second-order valence-electron chi connectivity index (χ2n) is 6.69. The Labute approximate surface area is 151 Å². The molecule has 0 radical (unpaired) electrons. The van der Waals surface area contributed by atoms with Crippen molar-refractivity contribution in [2.24, 2.45) is 5.92 Å². The first kappa shape index (κ1) is 20.7. The largest absolute Gasteiger partial charge is 0.392 e. The van der Waals surface area contributed by atoms with E-state index in [1.165, 1.54) is 18.4 Å². The molecule has 0 bridgehead atoms. The monoisotopic (exact) mass is 360 g/mol. The molecule has 0 saturated carbocycles. The lowest BCUT2D eigenvalue weighted by molar-refractivity contribution is 0.0857. The molecule has 1 aromatic carbocycles. The van der Waals surface area contributed by atoms with Crippen LogP contribution in [0.4, 0.5) is 0 Å². The van der Waals surface area contributed by atoms with Gasteiger partial charge in [0.1, 0.15) is 0 Å². The lowest BCUT2D eigenvalue weighted by Gasteiger charge is -2.35. The van der Waals surface area contributed by atoms with Crippen molar-refractivity contribution in [3.63, 3.8) is 0 Å². The van der Waals surface area contributed by atoms with E-state index >= 15 is 0 Å². The second-order valence-corrected chi connectivity index (χ2v) is 7.13. The maximum atomic E-state index is 9.83. The highest BCUT2D eigenvalue weighted by Crippen LogP contribution is 2.17. The van der Waals surface area contributed by atoms with E-state index in [4.69, 9.17) is 11.6 Å². The zero-order chi connectivity index (χ0) is 15.9. The minimum atomic E-state index is -0.288. The summed E-state index contributed by atoms with van der Waals surface area (Å²) in [6, 6.07) is 8.52. The molecule has 1 saturated heterocycles. The molecule has 1 fully saturated rings. The number of halogens is 2. The third kappa shape index (κ3) is 7.40. The smallest absolute Gasteiger partial charge is 0.0639 e. The van der Waals surface area contributed by atoms with Gasteiger partial charge in [0, 0.05) is 24.2 Å². The molecule has 0 aliphatic carbocycles. The van der Waals surface area contributed by atoms with Crippen molar-refractivity contribution in [2.45, 2.75) is 45.3 Å². The average molecular weight is 361 g/mol. The van der Waals surface area contributed by atoms with Crippen molar-refractivity contribution in [2.75, 3.05) is 26.2 Å². The van der Waals surface area contributed by atoms with Crippen LogP contribution in [0.5, 0.6) is 0 Å². The molecule has 1 aromatic rings. The van der Waals surface area contributed by atoms with Crippen molar-refractivity contribution >= 4 is 24.0 Å². The molecule has 3 atom stereocenters. The van der Waals surface area contributed by atoms with E-state index in [-0.39, 0.29) is 18.5 Å². The normalized spacial score (nSPS) is 20.8. The highest BCUT2D eigenvalue weighted by molar-refractivity contribution is 6.30. The number of nitrogens with zero attached hydrogens (tertiary/aromatic N) is 1. The quantitative estimate of drug-likeness (QED) is 0.782. The number of rotatable bonds is 7. The first-order valence-corrected chi connectivity index (χ1v) is 8.79. The molecule has 1 heterocycles. The number of benzene rings is 1. The maximum absolute atomic E-state index is 9.83. The predicted molar refractivity (Wildman–Crippen MR) is 101 cm³/mol. The van der Waals surface area contributed by atoms with Gasteiger partial charge in [-0.25, -0.2) is 0 Å². The lowest BCUT2D eigenvalue weighted by Crippen LogP contribution is -2.45. The van der Waals surface area contributed by atoms with E-state index < -0.39 is 0 Å². The van der Waals surface area contributed by atoms with Crippen molar-refractivity contribution in [1.29, 1.82) is 0 Å². The molecule has 0 spiro atoms. The van der Waals surface area contributed by atoms with Gasteiger partial charge < -0.3 is 10.4 Å². The standard InChI is InChI=1S/C18H29ClN2O.ClH/c1-14(10-16-5-7-18(19)8-6-16)21(12-15(2)22)13-17-4-3-9-20-11-17;/h5-8,14-15,17,20,22H,3-4,9-13H2,1-2H3;1H/t14?,15-,17?;/m1./s1. The van der Waals surface area contributed by atoms with Crippen molar-refractivity contribution in [3.05, 3.63) is 34.9 Å². The minimum Gasteiger partial charge on any atom is -0.392 e. The Morgan fingerprint density at radius 2 is 2.00 bits per heavy atom. The molecule has 132 valence electrons.